The Balaban J connectivity index is 1.27. The Morgan fingerprint density at radius 2 is 1.93 bits per heavy atom. The first-order valence-corrected chi connectivity index (χ1v) is 10.1. The van der Waals surface area contributed by atoms with Crippen LogP contribution in [0.25, 0.3) is 10.2 Å². The van der Waals surface area contributed by atoms with Crippen molar-refractivity contribution in [2.45, 2.75) is 13.3 Å². The summed E-state index contributed by atoms with van der Waals surface area (Å²) in [6.45, 7) is 5.45. The number of amides is 1. The number of carbonyl (C=O) groups excluding carboxylic acids is 1. The average molecular weight is 399 g/mol. The first-order chi connectivity index (χ1) is 13.6. The van der Waals surface area contributed by atoms with Crippen molar-refractivity contribution >= 4 is 39.0 Å². The lowest BCUT2D eigenvalue weighted by Crippen LogP contribution is -2.49. The molecule has 0 radical (unpaired) electrons. The van der Waals surface area contributed by atoms with Crippen molar-refractivity contribution in [1.29, 1.82) is 0 Å². The number of aromatic nitrogens is 2. The van der Waals surface area contributed by atoms with Crippen molar-refractivity contribution < 1.29 is 9.18 Å². The quantitative estimate of drug-likeness (QED) is 0.713. The number of aryl methyl sites for hydroxylation is 1. The normalized spacial score (nSPS) is 14.5. The highest BCUT2D eigenvalue weighted by Crippen LogP contribution is 2.27. The summed E-state index contributed by atoms with van der Waals surface area (Å²) in [5.41, 5.74) is 0.994. The van der Waals surface area contributed by atoms with Gasteiger partial charge in [-0.25, -0.2) is 14.4 Å². The Kier molecular flexibility index (Phi) is 5.38. The summed E-state index contributed by atoms with van der Waals surface area (Å²) in [6.07, 6.45) is 1.97. The highest BCUT2D eigenvalue weighted by molar-refractivity contribution is 7.18. The van der Waals surface area contributed by atoms with Gasteiger partial charge in [0.05, 0.1) is 5.39 Å². The molecule has 0 atom stereocenters. The first kappa shape index (κ1) is 18.6. The summed E-state index contributed by atoms with van der Waals surface area (Å²) in [4.78, 5) is 27.3. The van der Waals surface area contributed by atoms with Gasteiger partial charge in [-0.15, -0.1) is 11.3 Å². The number of halogens is 1. The Hall–Kier alpha value is -2.74. The third-order valence-electron chi connectivity index (χ3n) is 4.91. The number of fused-ring (bicyclic) bond motifs is 1. The van der Waals surface area contributed by atoms with Crippen LogP contribution in [0.2, 0.25) is 0 Å². The second-order valence-electron chi connectivity index (χ2n) is 6.82. The zero-order chi connectivity index (χ0) is 19.5. The van der Waals surface area contributed by atoms with E-state index in [1.807, 2.05) is 11.8 Å². The third-order valence-corrected chi connectivity index (χ3v) is 5.87. The largest absolute Gasteiger partial charge is 0.369 e. The van der Waals surface area contributed by atoms with Crippen molar-refractivity contribution in [3.8, 4) is 0 Å². The van der Waals surface area contributed by atoms with Crippen LogP contribution in [0.4, 0.5) is 15.9 Å². The number of anilines is 2. The van der Waals surface area contributed by atoms with Gasteiger partial charge in [0.15, 0.2) is 0 Å². The van der Waals surface area contributed by atoms with Crippen LogP contribution in [-0.4, -0.2) is 53.5 Å². The molecule has 0 saturated carbocycles. The molecular formula is C20H22FN5OS. The number of piperazine rings is 1. The molecule has 1 N–H and O–H groups in total. The lowest BCUT2D eigenvalue weighted by Gasteiger charge is -2.36. The number of rotatable bonds is 5. The number of thiophene rings is 1. The maximum atomic E-state index is 13.1. The monoisotopic (exact) mass is 399 g/mol. The van der Waals surface area contributed by atoms with E-state index < -0.39 is 0 Å². The van der Waals surface area contributed by atoms with Gasteiger partial charge in [-0.1, -0.05) is 0 Å². The summed E-state index contributed by atoms with van der Waals surface area (Å²) in [5.74, 6) is 0.685. The summed E-state index contributed by atoms with van der Waals surface area (Å²) in [7, 11) is 0. The van der Waals surface area contributed by atoms with Crippen molar-refractivity contribution in [3.63, 3.8) is 0 Å². The van der Waals surface area contributed by atoms with E-state index in [0.717, 1.165) is 34.8 Å². The molecule has 1 amide bonds. The molecule has 3 aromatic rings. The minimum absolute atomic E-state index is 0.137. The SMILES string of the molecule is Cc1cc2c(NCCC(=O)N3CCN(c4ccc(F)cc4)CC3)ncnc2s1. The van der Waals surface area contributed by atoms with Crippen LogP contribution in [0.5, 0.6) is 0 Å². The van der Waals surface area contributed by atoms with Crippen LogP contribution >= 0.6 is 11.3 Å². The molecule has 0 spiro atoms. The van der Waals surface area contributed by atoms with E-state index >= 15 is 0 Å². The maximum Gasteiger partial charge on any atom is 0.224 e. The topological polar surface area (TPSA) is 61.4 Å². The fourth-order valence-corrected chi connectivity index (χ4v) is 4.28. The summed E-state index contributed by atoms with van der Waals surface area (Å²) >= 11 is 1.64. The van der Waals surface area contributed by atoms with E-state index in [1.165, 1.54) is 17.0 Å². The number of benzene rings is 1. The summed E-state index contributed by atoms with van der Waals surface area (Å²) < 4.78 is 13.1. The van der Waals surface area contributed by atoms with E-state index in [1.54, 1.807) is 29.8 Å². The Morgan fingerprint density at radius 3 is 2.68 bits per heavy atom. The smallest absolute Gasteiger partial charge is 0.224 e. The predicted octanol–water partition coefficient (Wildman–Crippen LogP) is 3.29. The Labute approximate surface area is 167 Å². The molecule has 0 aliphatic carbocycles. The molecule has 3 heterocycles. The van der Waals surface area contributed by atoms with Crippen molar-refractivity contribution in [2.24, 2.45) is 0 Å². The molecule has 2 aromatic heterocycles. The van der Waals surface area contributed by atoms with Crippen LogP contribution in [0.1, 0.15) is 11.3 Å². The minimum atomic E-state index is -0.233. The van der Waals surface area contributed by atoms with E-state index in [-0.39, 0.29) is 11.7 Å². The average Bonchev–Trinajstić information content (AvgIpc) is 3.10. The van der Waals surface area contributed by atoms with Gasteiger partial charge in [0.25, 0.3) is 0 Å². The number of nitrogens with one attached hydrogen (secondary N) is 1. The molecule has 8 heteroatoms. The van der Waals surface area contributed by atoms with E-state index in [0.29, 0.717) is 26.1 Å². The van der Waals surface area contributed by atoms with Crippen LogP contribution < -0.4 is 10.2 Å². The second-order valence-corrected chi connectivity index (χ2v) is 8.05. The van der Waals surface area contributed by atoms with Crippen LogP contribution in [0.3, 0.4) is 0 Å². The van der Waals surface area contributed by atoms with Gasteiger partial charge in [-0.3, -0.25) is 4.79 Å². The van der Waals surface area contributed by atoms with Gasteiger partial charge in [0.1, 0.15) is 22.8 Å². The highest BCUT2D eigenvalue weighted by Gasteiger charge is 2.21. The van der Waals surface area contributed by atoms with Gasteiger partial charge in [-0.2, -0.15) is 0 Å². The molecule has 4 rings (SSSR count). The highest BCUT2D eigenvalue weighted by atomic mass is 32.1. The van der Waals surface area contributed by atoms with Crippen LogP contribution in [0.15, 0.2) is 36.7 Å². The molecule has 0 unspecified atom stereocenters. The van der Waals surface area contributed by atoms with Gasteiger partial charge in [0, 0.05) is 49.7 Å². The van der Waals surface area contributed by atoms with Gasteiger partial charge >= 0.3 is 0 Å². The maximum absolute atomic E-state index is 13.1. The molecule has 28 heavy (non-hydrogen) atoms. The zero-order valence-electron chi connectivity index (χ0n) is 15.7. The number of hydrogen-bond donors (Lipinski definition) is 1. The molecule has 1 aromatic carbocycles. The predicted molar refractivity (Wildman–Crippen MR) is 110 cm³/mol. The molecule has 1 aliphatic heterocycles. The lowest BCUT2D eigenvalue weighted by atomic mass is 10.2. The molecular weight excluding hydrogens is 377 g/mol. The van der Waals surface area contributed by atoms with Crippen LogP contribution in [0, 0.1) is 12.7 Å². The molecule has 1 saturated heterocycles. The van der Waals surface area contributed by atoms with E-state index in [4.69, 9.17) is 0 Å². The Bertz CT molecular complexity index is 966. The zero-order valence-corrected chi connectivity index (χ0v) is 16.5. The fraction of sp³-hybridized carbons (Fsp3) is 0.350. The molecule has 1 aliphatic rings. The third kappa shape index (κ3) is 4.06. The number of carbonyl (C=O) groups is 1. The van der Waals surface area contributed by atoms with Crippen molar-refractivity contribution in [3.05, 3.63) is 47.4 Å². The van der Waals surface area contributed by atoms with Crippen molar-refractivity contribution in [2.75, 3.05) is 42.9 Å². The summed E-state index contributed by atoms with van der Waals surface area (Å²) in [6, 6.07) is 8.57. The van der Waals surface area contributed by atoms with E-state index in [9.17, 15) is 9.18 Å². The number of nitrogens with zero attached hydrogens (tertiary/aromatic N) is 4. The molecule has 6 nitrogen and oxygen atoms in total. The number of hydrogen-bond acceptors (Lipinski definition) is 6. The standard InChI is InChI=1S/C20H22FN5OS/c1-14-12-17-19(23-13-24-20(17)28-14)22-7-6-18(27)26-10-8-25(9-11-26)16-4-2-15(21)3-5-16/h2-5,12-13H,6-11H2,1H3,(H,22,23,24). The molecule has 1 fully saturated rings. The van der Waals surface area contributed by atoms with Gasteiger partial charge in [-0.05, 0) is 37.3 Å². The van der Waals surface area contributed by atoms with Crippen molar-refractivity contribution in [1.82, 2.24) is 14.9 Å². The second kappa shape index (κ2) is 8.10. The van der Waals surface area contributed by atoms with Gasteiger partial charge < -0.3 is 15.1 Å². The first-order valence-electron chi connectivity index (χ1n) is 9.33. The Morgan fingerprint density at radius 1 is 1.18 bits per heavy atom. The fourth-order valence-electron chi connectivity index (χ4n) is 3.43. The summed E-state index contributed by atoms with van der Waals surface area (Å²) in [5, 5.41) is 4.28. The lowest BCUT2D eigenvalue weighted by molar-refractivity contribution is -0.131. The molecule has 0 bridgehead atoms. The van der Waals surface area contributed by atoms with Crippen LogP contribution in [-0.2, 0) is 4.79 Å². The molecule has 146 valence electrons. The van der Waals surface area contributed by atoms with E-state index in [2.05, 4.69) is 26.3 Å². The minimum Gasteiger partial charge on any atom is -0.369 e. The van der Waals surface area contributed by atoms with Gasteiger partial charge in [0.2, 0.25) is 5.91 Å².